The van der Waals surface area contributed by atoms with Crippen molar-refractivity contribution in [2.75, 3.05) is 26.7 Å². The molecule has 0 spiro atoms. The van der Waals surface area contributed by atoms with Crippen molar-refractivity contribution in [3.8, 4) is 0 Å². The SMILES string of the molecule is CCCC(=O)N1CCC(CN(C)C(C)C)CC1. The maximum atomic E-state index is 11.8. The fraction of sp³-hybridized carbons (Fsp3) is 0.929. The van der Waals surface area contributed by atoms with Gasteiger partial charge in [0.25, 0.3) is 0 Å². The van der Waals surface area contributed by atoms with Crippen molar-refractivity contribution in [1.29, 1.82) is 0 Å². The maximum absolute atomic E-state index is 11.8. The Morgan fingerprint density at radius 1 is 1.35 bits per heavy atom. The van der Waals surface area contributed by atoms with Crippen LogP contribution in [0, 0.1) is 5.92 Å². The van der Waals surface area contributed by atoms with Gasteiger partial charge in [-0.25, -0.2) is 0 Å². The molecule has 0 unspecified atom stereocenters. The number of rotatable bonds is 5. The third-order valence-electron chi connectivity index (χ3n) is 3.86. The van der Waals surface area contributed by atoms with E-state index in [1.54, 1.807) is 0 Å². The molecule has 1 fully saturated rings. The van der Waals surface area contributed by atoms with Crippen molar-refractivity contribution < 1.29 is 4.79 Å². The molecule has 0 aromatic heterocycles. The topological polar surface area (TPSA) is 23.6 Å². The van der Waals surface area contributed by atoms with E-state index in [0.29, 0.717) is 11.9 Å². The average Bonchev–Trinajstić information content (AvgIpc) is 2.30. The highest BCUT2D eigenvalue weighted by Crippen LogP contribution is 2.19. The third kappa shape index (κ3) is 4.66. The van der Waals surface area contributed by atoms with Crippen molar-refractivity contribution in [2.45, 2.75) is 52.5 Å². The van der Waals surface area contributed by atoms with E-state index in [4.69, 9.17) is 0 Å². The summed E-state index contributed by atoms with van der Waals surface area (Å²) in [7, 11) is 2.19. The summed E-state index contributed by atoms with van der Waals surface area (Å²) in [6.45, 7) is 9.65. The predicted molar refractivity (Wildman–Crippen MR) is 72.0 cm³/mol. The molecule has 0 N–H and O–H groups in total. The second-order valence-electron chi connectivity index (χ2n) is 5.61. The first-order valence-electron chi connectivity index (χ1n) is 7.02. The van der Waals surface area contributed by atoms with Crippen molar-refractivity contribution in [1.82, 2.24) is 9.80 Å². The van der Waals surface area contributed by atoms with Gasteiger partial charge in [-0.3, -0.25) is 4.79 Å². The lowest BCUT2D eigenvalue weighted by Gasteiger charge is -2.35. The van der Waals surface area contributed by atoms with Crippen LogP contribution in [-0.2, 0) is 4.79 Å². The number of hydrogen-bond acceptors (Lipinski definition) is 2. The van der Waals surface area contributed by atoms with Crippen molar-refractivity contribution in [3.05, 3.63) is 0 Å². The van der Waals surface area contributed by atoms with Crippen molar-refractivity contribution >= 4 is 5.91 Å². The van der Waals surface area contributed by atoms with Crippen LogP contribution in [0.25, 0.3) is 0 Å². The summed E-state index contributed by atoms with van der Waals surface area (Å²) in [6, 6.07) is 0.620. The molecule has 3 nitrogen and oxygen atoms in total. The summed E-state index contributed by atoms with van der Waals surface area (Å²) in [6.07, 6.45) is 4.03. The highest BCUT2D eigenvalue weighted by atomic mass is 16.2. The van der Waals surface area contributed by atoms with E-state index in [1.807, 2.05) is 0 Å². The number of amides is 1. The maximum Gasteiger partial charge on any atom is 0.222 e. The predicted octanol–water partition coefficient (Wildman–Crippen LogP) is 2.37. The van der Waals surface area contributed by atoms with E-state index in [2.05, 4.69) is 37.6 Å². The lowest BCUT2D eigenvalue weighted by molar-refractivity contribution is -0.132. The lowest BCUT2D eigenvalue weighted by atomic mass is 9.95. The van der Waals surface area contributed by atoms with Gasteiger partial charge in [-0.05, 0) is 46.1 Å². The molecule has 0 bridgehead atoms. The minimum absolute atomic E-state index is 0.350. The first-order chi connectivity index (χ1) is 8.04. The quantitative estimate of drug-likeness (QED) is 0.736. The van der Waals surface area contributed by atoms with Gasteiger partial charge in [0.15, 0.2) is 0 Å². The van der Waals surface area contributed by atoms with Crippen LogP contribution in [0.15, 0.2) is 0 Å². The van der Waals surface area contributed by atoms with Crippen LogP contribution < -0.4 is 0 Å². The molecule has 100 valence electrons. The van der Waals surface area contributed by atoms with Crippen molar-refractivity contribution in [2.24, 2.45) is 5.92 Å². The summed E-state index contributed by atoms with van der Waals surface area (Å²) in [5.74, 6) is 1.12. The van der Waals surface area contributed by atoms with Gasteiger partial charge in [-0.1, -0.05) is 6.92 Å². The summed E-state index contributed by atoms with van der Waals surface area (Å²) < 4.78 is 0. The van der Waals surface area contributed by atoms with Crippen LogP contribution >= 0.6 is 0 Å². The fourth-order valence-electron chi connectivity index (χ4n) is 2.36. The van der Waals surface area contributed by atoms with Crippen LogP contribution in [0.2, 0.25) is 0 Å². The Kier molecular flexibility index (Phi) is 5.96. The van der Waals surface area contributed by atoms with Crippen LogP contribution in [-0.4, -0.2) is 48.4 Å². The minimum Gasteiger partial charge on any atom is -0.343 e. The Balaban J connectivity index is 2.28. The Morgan fingerprint density at radius 3 is 2.41 bits per heavy atom. The second kappa shape index (κ2) is 7.00. The van der Waals surface area contributed by atoms with E-state index in [9.17, 15) is 4.79 Å². The Bertz CT molecular complexity index is 232. The molecule has 1 saturated heterocycles. The molecule has 0 aromatic carbocycles. The first-order valence-corrected chi connectivity index (χ1v) is 7.02. The molecule has 1 amide bonds. The number of likely N-dealkylation sites (tertiary alicyclic amines) is 1. The minimum atomic E-state index is 0.350. The summed E-state index contributed by atoms with van der Waals surface area (Å²) in [5, 5.41) is 0. The Labute approximate surface area is 106 Å². The van der Waals surface area contributed by atoms with E-state index in [0.717, 1.165) is 31.8 Å². The van der Waals surface area contributed by atoms with Gasteiger partial charge >= 0.3 is 0 Å². The lowest BCUT2D eigenvalue weighted by Crippen LogP contribution is -2.41. The molecular formula is C14H28N2O. The zero-order chi connectivity index (χ0) is 12.8. The highest BCUT2D eigenvalue weighted by molar-refractivity contribution is 5.76. The monoisotopic (exact) mass is 240 g/mol. The number of hydrogen-bond donors (Lipinski definition) is 0. The molecule has 0 aromatic rings. The summed E-state index contributed by atoms with van der Waals surface area (Å²) in [5.41, 5.74) is 0. The van der Waals surface area contributed by atoms with Crippen LogP contribution in [0.5, 0.6) is 0 Å². The fourth-order valence-corrected chi connectivity index (χ4v) is 2.36. The standard InChI is InChI=1S/C14H28N2O/c1-5-6-14(17)16-9-7-13(8-10-16)11-15(4)12(2)3/h12-13H,5-11H2,1-4H3. The van der Waals surface area contributed by atoms with Gasteiger partial charge < -0.3 is 9.80 Å². The van der Waals surface area contributed by atoms with Crippen molar-refractivity contribution in [3.63, 3.8) is 0 Å². The van der Waals surface area contributed by atoms with Gasteiger partial charge in [0.1, 0.15) is 0 Å². The molecule has 0 aliphatic carbocycles. The van der Waals surface area contributed by atoms with Gasteiger partial charge in [0.2, 0.25) is 5.91 Å². The molecule has 1 heterocycles. The third-order valence-corrected chi connectivity index (χ3v) is 3.86. The van der Waals surface area contributed by atoms with E-state index in [1.165, 1.54) is 19.4 Å². The average molecular weight is 240 g/mol. The molecule has 3 heteroatoms. The Morgan fingerprint density at radius 2 is 1.94 bits per heavy atom. The zero-order valence-corrected chi connectivity index (χ0v) is 11.9. The number of nitrogens with zero attached hydrogens (tertiary/aromatic N) is 2. The van der Waals surface area contributed by atoms with Gasteiger partial charge in [-0.15, -0.1) is 0 Å². The normalized spacial score (nSPS) is 18.1. The van der Waals surface area contributed by atoms with E-state index in [-0.39, 0.29) is 0 Å². The largest absolute Gasteiger partial charge is 0.343 e. The first kappa shape index (κ1) is 14.5. The van der Waals surface area contributed by atoms with E-state index >= 15 is 0 Å². The molecule has 1 aliphatic heterocycles. The Hall–Kier alpha value is -0.570. The highest BCUT2D eigenvalue weighted by Gasteiger charge is 2.23. The molecular weight excluding hydrogens is 212 g/mol. The smallest absolute Gasteiger partial charge is 0.222 e. The molecule has 0 radical (unpaired) electrons. The molecule has 1 rings (SSSR count). The van der Waals surface area contributed by atoms with Crippen LogP contribution in [0.3, 0.4) is 0 Å². The van der Waals surface area contributed by atoms with E-state index < -0.39 is 0 Å². The van der Waals surface area contributed by atoms with Gasteiger partial charge in [0, 0.05) is 32.1 Å². The van der Waals surface area contributed by atoms with Crippen LogP contribution in [0.1, 0.15) is 46.5 Å². The summed E-state index contributed by atoms with van der Waals surface area (Å²) >= 11 is 0. The zero-order valence-electron chi connectivity index (χ0n) is 11.9. The van der Waals surface area contributed by atoms with Crippen LogP contribution in [0.4, 0.5) is 0 Å². The number of piperidine rings is 1. The summed E-state index contributed by atoms with van der Waals surface area (Å²) in [4.78, 5) is 16.2. The molecule has 0 saturated carbocycles. The molecule has 17 heavy (non-hydrogen) atoms. The number of carbonyl (C=O) groups is 1. The molecule has 0 atom stereocenters. The van der Waals surface area contributed by atoms with Gasteiger partial charge in [-0.2, -0.15) is 0 Å². The second-order valence-corrected chi connectivity index (χ2v) is 5.61. The number of carbonyl (C=O) groups excluding carboxylic acids is 1. The molecule has 1 aliphatic rings. The van der Waals surface area contributed by atoms with Gasteiger partial charge in [0.05, 0.1) is 0 Å².